The minimum absolute atomic E-state index is 0.00319. The molecular weight excluding hydrogens is 188 g/mol. The van der Waals surface area contributed by atoms with E-state index in [1.54, 1.807) is 13.8 Å². The lowest BCUT2D eigenvalue weighted by atomic mass is 10.0. The summed E-state index contributed by atoms with van der Waals surface area (Å²) in [6.45, 7) is 3.65. The van der Waals surface area contributed by atoms with E-state index in [-0.39, 0.29) is 24.7 Å². The van der Waals surface area contributed by atoms with E-state index in [0.717, 1.165) is 0 Å². The molecule has 0 spiro atoms. The van der Waals surface area contributed by atoms with Crippen molar-refractivity contribution in [3.05, 3.63) is 11.3 Å². The molecule has 1 aliphatic heterocycles. The Labute approximate surface area is 81.3 Å². The van der Waals surface area contributed by atoms with Crippen LogP contribution >= 0.6 is 0 Å². The van der Waals surface area contributed by atoms with Gasteiger partial charge in [0.15, 0.2) is 0 Å². The molecule has 1 atom stereocenters. The van der Waals surface area contributed by atoms with Crippen molar-refractivity contribution in [2.24, 2.45) is 5.92 Å². The second-order valence-electron chi connectivity index (χ2n) is 2.98. The van der Waals surface area contributed by atoms with Crippen LogP contribution in [0.25, 0.3) is 0 Å². The summed E-state index contributed by atoms with van der Waals surface area (Å²) in [4.78, 5) is 22.2. The van der Waals surface area contributed by atoms with E-state index in [9.17, 15) is 14.7 Å². The van der Waals surface area contributed by atoms with Crippen molar-refractivity contribution in [3.8, 4) is 0 Å². The van der Waals surface area contributed by atoms with Gasteiger partial charge in [-0.1, -0.05) is 6.92 Å². The van der Waals surface area contributed by atoms with Gasteiger partial charge in [-0.3, -0.25) is 0 Å². The maximum absolute atomic E-state index is 11.1. The van der Waals surface area contributed by atoms with Gasteiger partial charge in [0.25, 0.3) is 0 Å². The first kappa shape index (κ1) is 10.6. The number of aliphatic hydroxyl groups excluding tert-OH is 1. The van der Waals surface area contributed by atoms with Gasteiger partial charge in [-0.2, -0.15) is 0 Å². The first-order valence-electron chi connectivity index (χ1n) is 4.35. The van der Waals surface area contributed by atoms with Crippen molar-refractivity contribution in [2.45, 2.75) is 13.8 Å². The summed E-state index contributed by atoms with van der Waals surface area (Å²) >= 11 is 0. The van der Waals surface area contributed by atoms with E-state index in [1.165, 1.54) is 0 Å². The number of aliphatic hydroxyl groups is 1. The Morgan fingerprint density at radius 2 is 2.36 bits per heavy atom. The smallest absolute Gasteiger partial charge is 0.373 e. The Morgan fingerprint density at radius 1 is 1.71 bits per heavy atom. The number of carbonyl (C=O) groups excluding carboxylic acids is 2. The topological polar surface area (TPSA) is 72.8 Å². The summed E-state index contributed by atoms with van der Waals surface area (Å²) < 4.78 is 9.22. The number of hydrogen-bond acceptors (Lipinski definition) is 5. The maximum atomic E-state index is 11.1. The number of rotatable bonds is 2. The molecular formula is C9H12O5. The van der Waals surface area contributed by atoms with Crippen molar-refractivity contribution in [1.29, 1.82) is 0 Å². The molecule has 14 heavy (non-hydrogen) atoms. The second kappa shape index (κ2) is 4.13. The van der Waals surface area contributed by atoms with Gasteiger partial charge in [0.2, 0.25) is 5.76 Å². The van der Waals surface area contributed by atoms with Crippen molar-refractivity contribution in [1.82, 2.24) is 0 Å². The van der Waals surface area contributed by atoms with E-state index in [0.29, 0.717) is 0 Å². The van der Waals surface area contributed by atoms with E-state index < -0.39 is 17.7 Å². The summed E-state index contributed by atoms with van der Waals surface area (Å²) in [6.07, 6.45) is 0. The van der Waals surface area contributed by atoms with Crippen LogP contribution in [0.4, 0.5) is 0 Å². The molecule has 1 unspecified atom stereocenters. The Balaban J connectivity index is 2.91. The fourth-order valence-corrected chi connectivity index (χ4v) is 1.20. The van der Waals surface area contributed by atoms with Gasteiger partial charge in [0.05, 0.1) is 18.8 Å². The molecule has 0 radical (unpaired) electrons. The molecule has 0 aromatic rings. The van der Waals surface area contributed by atoms with Gasteiger partial charge < -0.3 is 14.6 Å². The highest BCUT2D eigenvalue weighted by Crippen LogP contribution is 2.23. The average Bonchev–Trinajstić information content (AvgIpc) is 2.46. The van der Waals surface area contributed by atoms with Gasteiger partial charge in [0, 0.05) is 5.92 Å². The Hall–Kier alpha value is -1.52. The zero-order chi connectivity index (χ0) is 10.7. The molecule has 1 saturated heterocycles. The van der Waals surface area contributed by atoms with Crippen molar-refractivity contribution in [3.63, 3.8) is 0 Å². The highest BCUT2D eigenvalue weighted by atomic mass is 16.6. The minimum atomic E-state index is -0.881. The third-order valence-corrected chi connectivity index (χ3v) is 1.90. The number of cyclic esters (lactones) is 1. The number of ether oxygens (including phenoxy) is 2. The monoisotopic (exact) mass is 200 g/mol. The van der Waals surface area contributed by atoms with E-state index in [2.05, 4.69) is 9.47 Å². The first-order chi connectivity index (χ1) is 6.57. The number of esters is 2. The lowest BCUT2D eigenvalue weighted by Crippen LogP contribution is -2.14. The van der Waals surface area contributed by atoms with Gasteiger partial charge in [-0.05, 0) is 6.92 Å². The van der Waals surface area contributed by atoms with Crippen LogP contribution in [0, 0.1) is 5.92 Å². The fourth-order valence-electron chi connectivity index (χ4n) is 1.20. The SMILES string of the molecule is CCOC(=O)/C(O)=C1/C(=O)OCC1C. The van der Waals surface area contributed by atoms with Crippen LogP contribution < -0.4 is 0 Å². The molecule has 1 N–H and O–H groups in total. The quantitative estimate of drug-likeness (QED) is 0.400. The van der Waals surface area contributed by atoms with Crippen LogP contribution in [0.1, 0.15) is 13.8 Å². The molecule has 1 fully saturated rings. The van der Waals surface area contributed by atoms with Gasteiger partial charge in [0.1, 0.15) is 0 Å². The van der Waals surface area contributed by atoms with Crippen LogP contribution in [0.3, 0.4) is 0 Å². The summed E-state index contributed by atoms with van der Waals surface area (Å²) in [5.41, 5.74) is 0.00319. The molecule has 5 nitrogen and oxygen atoms in total. The molecule has 0 bridgehead atoms. The predicted octanol–water partition coefficient (Wildman–Crippen LogP) is 0.555. The standard InChI is InChI=1S/C9H12O5/c1-3-13-9(12)7(10)6-5(2)4-14-8(6)11/h5,10H,3-4H2,1-2H3/b7-6-. The van der Waals surface area contributed by atoms with Crippen LogP contribution in [0.15, 0.2) is 11.3 Å². The summed E-state index contributed by atoms with van der Waals surface area (Å²) in [6, 6.07) is 0. The van der Waals surface area contributed by atoms with Crippen LogP contribution in [0.2, 0.25) is 0 Å². The van der Waals surface area contributed by atoms with Gasteiger partial charge in [-0.25, -0.2) is 9.59 Å². The number of carbonyl (C=O) groups is 2. The Bertz CT molecular complexity index is 292. The molecule has 0 amide bonds. The average molecular weight is 200 g/mol. The molecule has 0 aromatic carbocycles. The van der Waals surface area contributed by atoms with Crippen LogP contribution in [-0.2, 0) is 19.1 Å². The highest BCUT2D eigenvalue weighted by molar-refractivity contribution is 6.00. The summed E-state index contributed by atoms with van der Waals surface area (Å²) in [5.74, 6) is -2.44. The molecule has 0 aliphatic carbocycles. The minimum Gasteiger partial charge on any atom is -0.501 e. The van der Waals surface area contributed by atoms with Crippen LogP contribution in [-0.4, -0.2) is 30.3 Å². The fraction of sp³-hybridized carbons (Fsp3) is 0.556. The normalized spacial score (nSPS) is 24.4. The molecule has 0 saturated carbocycles. The van der Waals surface area contributed by atoms with Crippen molar-refractivity contribution >= 4 is 11.9 Å². The Morgan fingerprint density at radius 3 is 2.79 bits per heavy atom. The van der Waals surface area contributed by atoms with E-state index >= 15 is 0 Å². The Kier molecular flexibility index (Phi) is 3.11. The van der Waals surface area contributed by atoms with E-state index in [1.807, 2.05) is 0 Å². The largest absolute Gasteiger partial charge is 0.501 e. The van der Waals surface area contributed by atoms with Crippen molar-refractivity contribution < 1.29 is 24.2 Å². The third-order valence-electron chi connectivity index (χ3n) is 1.90. The molecule has 5 heteroatoms. The predicted molar refractivity (Wildman–Crippen MR) is 46.4 cm³/mol. The lowest BCUT2D eigenvalue weighted by molar-refractivity contribution is -0.143. The van der Waals surface area contributed by atoms with Gasteiger partial charge >= 0.3 is 11.9 Å². The maximum Gasteiger partial charge on any atom is 0.373 e. The lowest BCUT2D eigenvalue weighted by Gasteiger charge is -2.04. The molecule has 0 aromatic heterocycles. The highest BCUT2D eigenvalue weighted by Gasteiger charge is 2.33. The first-order valence-corrected chi connectivity index (χ1v) is 4.35. The van der Waals surface area contributed by atoms with Crippen LogP contribution in [0.5, 0.6) is 0 Å². The number of hydrogen-bond donors (Lipinski definition) is 1. The van der Waals surface area contributed by atoms with Crippen molar-refractivity contribution in [2.75, 3.05) is 13.2 Å². The zero-order valence-corrected chi connectivity index (χ0v) is 8.07. The molecule has 1 heterocycles. The summed E-state index contributed by atoms with van der Waals surface area (Å²) in [5, 5.41) is 9.39. The molecule has 1 aliphatic rings. The third kappa shape index (κ3) is 1.86. The summed E-state index contributed by atoms with van der Waals surface area (Å²) in [7, 11) is 0. The second-order valence-corrected chi connectivity index (χ2v) is 2.98. The zero-order valence-electron chi connectivity index (χ0n) is 8.07. The molecule has 78 valence electrons. The van der Waals surface area contributed by atoms with E-state index in [4.69, 9.17) is 0 Å². The molecule has 1 rings (SSSR count). The van der Waals surface area contributed by atoms with Gasteiger partial charge in [-0.15, -0.1) is 0 Å².